The van der Waals surface area contributed by atoms with Gasteiger partial charge in [0, 0.05) is 18.0 Å². The summed E-state index contributed by atoms with van der Waals surface area (Å²) >= 11 is 8.15. The number of halogens is 1. The predicted molar refractivity (Wildman–Crippen MR) is 64.9 cm³/mol. The normalized spacial score (nSPS) is 10.2. The lowest BCUT2D eigenvalue weighted by atomic mass is 10.3. The monoisotopic (exact) mass is 282 g/mol. The van der Waals surface area contributed by atoms with Crippen molar-refractivity contribution in [3.05, 3.63) is 40.8 Å². The molecule has 0 unspecified atom stereocenters. The maximum absolute atomic E-state index is 5.47. The molecule has 0 spiro atoms. The molecule has 2 heterocycles. The summed E-state index contributed by atoms with van der Waals surface area (Å²) in [6, 6.07) is 3.63. The van der Waals surface area contributed by atoms with E-state index < -0.39 is 0 Å². The fourth-order valence-electron chi connectivity index (χ4n) is 1.09. The third kappa shape index (κ3) is 2.21. The van der Waals surface area contributed by atoms with Crippen LogP contribution in [0.2, 0.25) is 0 Å². The Bertz CT molecular complexity index is 491. The number of hydrogen-bond donors (Lipinski definition) is 1. The van der Waals surface area contributed by atoms with Crippen molar-refractivity contribution in [3.63, 3.8) is 0 Å². The van der Waals surface area contributed by atoms with Crippen LogP contribution < -0.4 is 5.73 Å². The van der Waals surface area contributed by atoms with Crippen LogP contribution in [0.25, 0.3) is 5.82 Å². The molecule has 0 aliphatic heterocycles. The van der Waals surface area contributed by atoms with Gasteiger partial charge in [-0.15, -0.1) is 0 Å². The van der Waals surface area contributed by atoms with E-state index in [9.17, 15) is 0 Å². The predicted octanol–water partition coefficient (Wildman–Crippen LogP) is 1.66. The highest BCUT2D eigenvalue weighted by atomic mass is 79.9. The van der Waals surface area contributed by atoms with Gasteiger partial charge in [-0.3, -0.25) is 0 Å². The standard InChI is InChI=1S/C9H7BrN4S/c10-7-4-13-14(5-7)8-2-1-6(3-12-8)9(11)15/h1-5H,(H2,11,15). The maximum Gasteiger partial charge on any atom is 0.153 e. The molecule has 76 valence electrons. The molecule has 0 amide bonds. The first-order chi connectivity index (χ1) is 7.16. The van der Waals surface area contributed by atoms with Crippen LogP contribution >= 0.6 is 28.1 Å². The van der Waals surface area contributed by atoms with E-state index in [0.717, 1.165) is 15.9 Å². The highest BCUT2D eigenvalue weighted by Crippen LogP contribution is 2.10. The van der Waals surface area contributed by atoms with Crippen LogP contribution in [-0.2, 0) is 0 Å². The largest absolute Gasteiger partial charge is 0.389 e. The summed E-state index contributed by atoms with van der Waals surface area (Å²) < 4.78 is 2.57. The number of nitrogens with two attached hydrogens (primary N) is 1. The Balaban J connectivity index is 2.35. The lowest BCUT2D eigenvalue weighted by molar-refractivity contribution is 0.846. The Labute approximate surface area is 100 Å². The fraction of sp³-hybridized carbons (Fsp3) is 0. The van der Waals surface area contributed by atoms with E-state index in [2.05, 4.69) is 26.0 Å². The zero-order valence-electron chi connectivity index (χ0n) is 7.59. The van der Waals surface area contributed by atoms with Crippen LogP contribution in [-0.4, -0.2) is 19.8 Å². The van der Waals surface area contributed by atoms with E-state index in [1.165, 1.54) is 0 Å². The summed E-state index contributed by atoms with van der Waals surface area (Å²) in [7, 11) is 0. The molecule has 0 aliphatic carbocycles. The molecular weight excluding hydrogens is 276 g/mol. The van der Waals surface area contributed by atoms with Gasteiger partial charge in [-0.2, -0.15) is 5.10 Å². The summed E-state index contributed by atoms with van der Waals surface area (Å²) in [6.07, 6.45) is 5.15. The van der Waals surface area contributed by atoms with Crippen molar-refractivity contribution in [2.75, 3.05) is 0 Å². The van der Waals surface area contributed by atoms with Crippen LogP contribution in [0, 0.1) is 0 Å². The second-order valence-corrected chi connectivity index (χ2v) is 4.23. The first kappa shape index (κ1) is 10.3. The van der Waals surface area contributed by atoms with Gasteiger partial charge < -0.3 is 5.73 Å². The van der Waals surface area contributed by atoms with Gasteiger partial charge in [0.1, 0.15) is 4.99 Å². The van der Waals surface area contributed by atoms with Crippen molar-refractivity contribution in [2.24, 2.45) is 5.73 Å². The summed E-state index contributed by atoms with van der Waals surface area (Å²) in [6.45, 7) is 0. The van der Waals surface area contributed by atoms with Crippen LogP contribution in [0.1, 0.15) is 5.56 Å². The van der Waals surface area contributed by atoms with Gasteiger partial charge in [0.15, 0.2) is 5.82 Å². The molecule has 0 bridgehead atoms. The van der Waals surface area contributed by atoms with E-state index in [0.29, 0.717) is 4.99 Å². The number of rotatable bonds is 2. The molecule has 0 radical (unpaired) electrons. The number of thiocarbonyl (C=S) groups is 1. The van der Waals surface area contributed by atoms with Crippen LogP contribution in [0.5, 0.6) is 0 Å². The molecule has 6 heteroatoms. The molecule has 0 aromatic carbocycles. The summed E-state index contributed by atoms with van der Waals surface area (Å²) in [5.74, 6) is 0.723. The van der Waals surface area contributed by atoms with Crippen molar-refractivity contribution in [1.82, 2.24) is 14.8 Å². The van der Waals surface area contributed by atoms with E-state index in [1.807, 2.05) is 18.3 Å². The van der Waals surface area contributed by atoms with E-state index >= 15 is 0 Å². The van der Waals surface area contributed by atoms with E-state index in [-0.39, 0.29) is 0 Å². The van der Waals surface area contributed by atoms with Gasteiger partial charge in [0.2, 0.25) is 0 Å². The van der Waals surface area contributed by atoms with Crippen molar-refractivity contribution in [2.45, 2.75) is 0 Å². The molecule has 0 saturated carbocycles. The minimum atomic E-state index is 0.343. The lowest BCUT2D eigenvalue weighted by Gasteiger charge is -2.01. The van der Waals surface area contributed by atoms with Crippen molar-refractivity contribution >= 4 is 33.1 Å². The van der Waals surface area contributed by atoms with Gasteiger partial charge in [0.05, 0.1) is 10.7 Å². The lowest BCUT2D eigenvalue weighted by Crippen LogP contribution is -2.10. The summed E-state index contributed by atoms with van der Waals surface area (Å²) in [4.78, 5) is 4.54. The second-order valence-electron chi connectivity index (χ2n) is 2.87. The van der Waals surface area contributed by atoms with Crippen molar-refractivity contribution < 1.29 is 0 Å². The minimum absolute atomic E-state index is 0.343. The Kier molecular flexibility index (Phi) is 2.79. The number of aromatic nitrogens is 3. The zero-order valence-corrected chi connectivity index (χ0v) is 9.99. The minimum Gasteiger partial charge on any atom is -0.389 e. The van der Waals surface area contributed by atoms with Crippen LogP contribution in [0.3, 0.4) is 0 Å². The smallest absolute Gasteiger partial charge is 0.153 e. The quantitative estimate of drug-likeness (QED) is 0.852. The molecule has 2 rings (SSSR count). The van der Waals surface area contributed by atoms with Crippen LogP contribution in [0.15, 0.2) is 35.2 Å². The Hall–Kier alpha value is -1.27. The molecule has 4 nitrogen and oxygen atoms in total. The first-order valence-electron chi connectivity index (χ1n) is 4.13. The third-order valence-electron chi connectivity index (χ3n) is 1.82. The average Bonchev–Trinajstić information content (AvgIpc) is 2.65. The number of pyridine rings is 1. The summed E-state index contributed by atoms with van der Waals surface area (Å²) in [5, 5.41) is 4.10. The fourth-order valence-corrected chi connectivity index (χ4v) is 1.50. The maximum atomic E-state index is 5.47. The molecular formula is C9H7BrN4S. The second kappa shape index (κ2) is 4.08. The topological polar surface area (TPSA) is 56.7 Å². The molecule has 0 fully saturated rings. The average molecular weight is 283 g/mol. The zero-order chi connectivity index (χ0) is 10.8. The summed E-state index contributed by atoms with van der Waals surface area (Å²) in [5.41, 5.74) is 6.22. The van der Waals surface area contributed by atoms with Gasteiger partial charge >= 0.3 is 0 Å². The molecule has 2 aromatic rings. The van der Waals surface area contributed by atoms with Gasteiger partial charge in [0.25, 0.3) is 0 Å². The highest BCUT2D eigenvalue weighted by molar-refractivity contribution is 9.10. The Morgan fingerprint density at radius 2 is 2.20 bits per heavy atom. The number of nitrogens with zero attached hydrogens (tertiary/aromatic N) is 3. The van der Waals surface area contributed by atoms with Crippen LogP contribution in [0.4, 0.5) is 0 Å². The Morgan fingerprint density at radius 1 is 1.40 bits per heavy atom. The van der Waals surface area contributed by atoms with Crippen molar-refractivity contribution in [3.8, 4) is 5.82 Å². The third-order valence-corrected chi connectivity index (χ3v) is 2.46. The molecule has 0 saturated heterocycles. The first-order valence-corrected chi connectivity index (χ1v) is 5.33. The Morgan fingerprint density at radius 3 is 2.67 bits per heavy atom. The van der Waals surface area contributed by atoms with E-state index in [4.69, 9.17) is 18.0 Å². The SMILES string of the molecule is NC(=S)c1ccc(-n2cc(Br)cn2)nc1. The molecule has 2 aromatic heterocycles. The van der Waals surface area contributed by atoms with Gasteiger partial charge in [-0.25, -0.2) is 9.67 Å². The molecule has 0 aliphatic rings. The van der Waals surface area contributed by atoms with Gasteiger partial charge in [-0.05, 0) is 28.1 Å². The van der Waals surface area contributed by atoms with E-state index in [1.54, 1.807) is 17.1 Å². The van der Waals surface area contributed by atoms with Crippen molar-refractivity contribution in [1.29, 1.82) is 0 Å². The molecule has 15 heavy (non-hydrogen) atoms. The highest BCUT2D eigenvalue weighted by Gasteiger charge is 2.01. The van der Waals surface area contributed by atoms with Gasteiger partial charge in [-0.1, -0.05) is 12.2 Å². The molecule has 0 atom stereocenters. The molecule has 2 N–H and O–H groups in total. The number of hydrogen-bond acceptors (Lipinski definition) is 3.